The molecule has 4 aromatic carbocycles. The number of para-hydroxylation sites is 1. The number of urea groups is 1. The fraction of sp³-hybridized carbons (Fsp3) is 0.0938. The predicted octanol–water partition coefficient (Wildman–Crippen LogP) is 5.59. The Balaban J connectivity index is 1.47. The highest BCUT2D eigenvalue weighted by atomic mass is 16.5. The van der Waals surface area contributed by atoms with Crippen LogP contribution in [-0.2, 0) is 17.8 Å². The molecule has 0 heterocycles. The maximum Gasteiger partial charge on any atom is 0.324 e. The van der Waals surface area contributed by atoms with E-state index in [4.69, 9.17) is 9.94 Å². The van der Waals surface area contributed by atoms with E-state index in [1.54, 1.807) is 58.9 Å². The van der Waals surface area contributed by atoms with Crippen LogP contribution in [0.25, 0.3) is 6.08 Å². The van der Waals surface area contributed by atoms with Gasteiger partial charge in [-0.3, -0.25) is 20.1 Å². The minimum atomic E-state index is -0.631. The fourth-order valence-electron chi connectivity index (χ4n) is 3.91. The molecule has 0 aromatic heterocycles. The van der Waals surface area contributed by atoms with Crippen molar-refractivity contribution in [3.63, 3.8) is 0 Å². The minimum absolute atomic E-state index is 0.259. The van der Waals surface area contributed by atoms with Crippen LogP contribution in [0.3, 0.4) is 0 Å². The number of hydrogen-bond acceptors (Lipinski definition) is 5. The van der Waals surface area contributed by atoms with E-state index in [2.05, 4.69) is 5.32 Å². The van der Waals surface area contributed by atoms with Gasteiger partial charge >= 0.3 is 6.03 Å². The molecule has 0 saturated heterocycles. The average molecular weight is 536 g/mol. The minimum Gasteiger partial charge on any atom is -0.457 e. The lowest BCUT2D eigenvalue weighted by atomic mass is 10.1. The molecule has 0 spiro atoms. The molecule has 4 amide bonds. The van der Waals surface area contributed by atoms with E-state index in [1.807, 2.05) is 66.7 Å². The molecule has 0 bridgehead atoms. The van der Waals surface area contributed by atoms with Crippen molar-refractivity contribution in [3.8, 4) is 11.5 Å². The van der Waals surface area contributed by atoms with Gasteiger partial charge in [-0.25, -0.2) is 10.3 Å². The second-order valence-electron chi connectivity index (χ2n) is 8.91. The number of rotatable bonds is 10. The highest BCUT2D eigenvalue weighted by Gasteiger charge is 2.18. The van der Waals surface area contributed by atoms with Crippen LogP contribution in [0.15, 0.2) is 115 Å². The molecule has 0 atom stereocenters. The van der Waals surface area contributed by atoms with Gasteiger partial charge in [-0.15, -0.1) is 0 Å². The van der Waals surface area contributed by atoms with E-state index in [-0.39, 0.29) is 6.54 Å². The Labute approximate surface area is 232 Å². The lowest BCUT2D eigenvalue weighted by Crippen LogP contribution is -2.43. The average Bonchev–Trinajstić information content (AvgIpc) is 2.99. The molecule has 0 aliphatic heterocycles. The molecule has 0 aliphatic carbocycles. The Morgan fingerprint density at radius 2 is 1.45 bits per heavy atom. The molecule has 0 unspecified atom stereocenters. The highest BCUT2D eigenvalue weighted by Crippen LogP contribution is 2.22. The number of hydrogen-bond donors (Lipinski definition) is 3. The van der Waals surface area contributed by atoms with Gasteiger partial charge in [0.25, 0.3) is 11.8 Å². The zero-order valence-electron chi connectivity index (χ0n) is 21.7. The topological polar surface area (TPSA) is 108 Å². The third kappa shape index (κ3) is 8.41. The molecule has 0 radical (unpaired) electrons. The third-order valence-corrected chi connectivity index (χ3v) is 5.98. The van der Waals surface area contributed by atoms with E-state index in [9.17, 15) is 14.4 Å². The first-order valence-electron chi connectivity index (χ1n) is 12.7. The SMILES string of the molecule is O=C(C=Cc1ccc(CN(CCc2cccc(Oc3ccccc3)c2)C(=O)NC(=O)c2ccccc2)cc1)NO. The molecule has 0 aliphatic rings. The molecular formula is C32H29N3O5. The zero-order chi connectivity index (χ0) is 28.2. The first-order valence-corrected chi connectivity index (χ1v) is 12.7. The van der Waals surface area contributed by atoms with Gasteiger partial charge in [-0.2, -0.15) is 0 Å². The Kier molecular flexibility index (Phi) is 9.79. The van der Waals surface area contributed by atoms with Gasteiger partial charge in [-0.1, -0.05) is 72.8 Å². The monoisotopic (exact) mass is 535 g/mol. The van der Waals surface area contributed by atoms with Crippen molar-refractivity contribution in [2.75, 3.05) is 6.54 Å². The molecular weight excluding hydrogens is 506 g/mol. The number of benzene rings is 4. The predicted molar refractivity (Wildman–Crippen MR) is 152 cm³/mol. The fourth-order valence-corrected chi connectivity index (χ4v) is 3.91. The summed E-state index contributed by atoms with van der Waals surface area (Å²) in [5.41, 5.74) is 4.50. The molecule has 3 N–H and O–H groups in total. The molecule has 4 aromatic rings. The van der Waals surface area contributed by atoms with Crippen molar-refractivity contribution < 1.29 is 24.3 Å². The lowest BCUT2D eigenvalue weighted by Gasteiger charge is -2.23. The van der Waals surface area contributed by atoms with Crippen LogP contribution in [0, 0.1) is 0 Å². The summed E-state index contributed by atoms with van der Waals surface area (Å²) in [4.78, 5) is 38.7. The molecule has 0 saturated carbocycles. The van der Waals surface area contributed by atoms with E-state index in [0.29, 0.717) is 24.3 Å². The van der Waals surface area contributed by atoms with Gasteiger partial charge in [0.2, 0.25) is 0 Å². The summed E-state index contributed by atoms with van der Waals surface area (Å²) in [5.74, 6) is 0.317. The molecule has 8 heteroatoms. The summed E-state index contributed by atoms with van der Waals surface area (Å²) in [6.45, 7) is 0.607. The number of carbonyl (C=O) groups is 3. The Hall–Kier alpha value is -5.21. The van der Waals surface area contributed by atoms with Gasteiger partial charge < -0.3 is 9.64 Å². The van der Waals surface area contributed by atoms with Crippen LogP contribution in [-0.4, -0.2) is 34.5 Å². The van der Waals surface area contributed by atoms with E-state index >= 15 is 0 Å². The lowest BCUT2D eigenvalue weighted by molar-refractivity contribution is -0.124. The van der Waals surface area contributed by atoms with Crippen molar-refractivity contribution in [3.05, 3.63) is 138 Å². The number of amides is 4. The number of nitrogens with one attached hydrogen (secondary N) is 2. The quantitative estimate of drug-likeness (QED) is 0.139. The molecule has 40 heavy (non-hydrogen) atoms. The van der Waals surface area contributed by atoms with Crippen LogP contribution >= 0.6 is 0 Å². The van der Waals surface area contributed by atoms with Crippen LogP contribution in [0.2, 0.25) is 0 Å². The number of hydroxylamine groups is 1. The van der Waals surface area contributed by atoms with Crippen molar-refractivity contribution in [2.45, 2.75) is 13.0 Å². The normalized spacial score (nSPS) is 10.6. The van der Waals surface area contributed by atoms with Gasteiger partial charge in [0.05, 0.1) is 0 Å². The largest absolute Gasteiger partial charge is 0.457 e. The number of carbonyl (C=O) groups excluding carboxylic acids is 3. The molecule has 0 fully saturated rings. The van der Waals surface area contributed by atoms with E-state index < -0.39 is 17.8 Å². The summed E-state index contributed by atoms with van der Waals surface area (Å²) >= 11 is 0. The van der Waals surface area contributed by atoms with Crippen LogP contribution in [0.5, 0.6) is 11.5 Å². The summed E-state index contributed by atoms with van der Waals surface area (Å²) in [6, 6.07) is 32.5. The Morgan fingerprint density at radius 3 is 2.15 bits per heavy atom. The van der Waals surface area contributed by atoms with Crippen molar-refractivity contribution in [2.24, 2.45) is 0 Å². The second kappa shape index (κ2) is 14.1. The van der Waals surface area contributed by atoms with Crippen LogP contribution in [0.4, 0.5) is 4.79 Å². The Morgan fingerprint density at radius 1 is 0.775 bits per heavy atom. The summed E-state index contributed by atoms with van der Waals surface area (Å²) in [6.07, 6.45) is 3.30. The maximum absolute atomic E-state index is 13.2. The van der Waals surface area contributed by atoms with Crippen molar-refractivity contribution in [1.29, 1.82) is 0 Å². The Bertz CT molecular complexity index is 1460. The summed E-state index contributed by atoms with van der Waals surface area (Å²) in [7, 11) is 0. The third-order valence-electron chi connectivity index (χ3n) is 5.98. The van der Waals surface area contributed by atoms with Gasteiger partial charge in [0.1, 0.15) is 11.5 Å². The van der Waals surface area contributed by atoms with E-state index in [1.165, 1.54) is 6.08 Å². The van der Waals surface area contributed by atoms with Crippen LogP contribution in [0.1, 0.15) is 27.0 Å². The van der Waals surface area contributed by atoms with Crippen molar-refractivity contribution in [1.82, 2.24) is 15.7 Å². The van der Waals surface area contributed by atoms with Crippen molar-refractivity contribution >= 4 is 23.9 Å². The van der Waals surface area contributed by atoms with Gasteiger partial charge in [-0.05, 0) is 65.6 Å². The van der Waals surface area contributed by atoms with Crippen LogP contribution < -0.4 is 15.5 Å². The summed E-state index contributed by atoms with van der Waals surface area (Å²) < 4.78 is 5.94. The summed E-state index contributed by atoms with van der Waals surface area (Å²) in [5, 5.41) is 11.1. The first-order chi connectivity index (χ1) is 19.5. The number of ether oxygens (including phenoxy) is 1. The highest BCUT2D eigenvalue weighted by molar-refractivity contribution is 6.04. The maximum atomic E-state index is 13.2. The molecule has 8 nitrogen and oxygen atoms in total. The zero-order valence-corrected chi connectivity index (χ0v) is 21.7. The standard InChI is InChI=1S/C32H29N3O5/c36-30(34-39)19-18-24-14-16-26(17-15-24)23-35(32(38)33-31(37)27-9-3-1-4-10-27)21-20-25-8-7-13-29(22-25)40-28-11-5-2-6-12-28/h1-19,22,39H,20-21,23H2,(H,34,36)(H,33,37,38). The number of imide groups is 1. The molecule has 202 valence electrons. The second-order valence-corrected chi connectivity index (χ2v) is 8.91. The number of nitrogens with zero attached hydrogens (tertiary/aromatic N) is 1. The molecule has 4 rings (SSSR count). The first kappa shape index (κ1) is 27.8. The van der Waals surface area contributed by atoms with Gasteiger partial charge in [0.15, 0.2) is 0 Å². The van der Waals surface area contributed by atoms with Gasteiger partial charge in [0, 0.05) is 24.7 Å². The van der Waals surface area contributed by atoms with E-state index in [0.717, 1.165) is 22.4 Å². The smallest absolute Gasteiger partial charge is 0.324 e.